The first-order valence-electron chi connectivity index (χ1n) is 14.9. The van der Waals surface area contributed by atoms with Crippen LogP contribution in [0, 0.1) is 0 Å². The molecular weight excluding hydrogens is 690 g/mol. The number of anilines is 1. The molecule has 1 atom stereocenters. The van der Waals surface area contributed by atoms with E-state index < -0.39 is 28.5 Å². The lowest BCUT2D eigenvalue weighted by Crippen LogP contribution is -2.53. The molecule has 4 rings (SSSR count). The summed E-state index contributed by atoms with van der Waals surface area (Å²) in [5.74, 6) is -0.371. The van der Waals surface area contributed by atoms with Gasteiger partial charge in [0.2, 0.25) is 11.8 Å². The Bertz CT molecular complexity index is 1700. The number of unbranched alkanes of at least 4 members (excludes halogenated alkanes) is 1. The zero-order chi connectivity index (χ0) is 33.1. The second-order valence-electron chi connectivity index (χ2n) is 10.7. The molecule has 242 valence electrons. The van der Waals surface area contributed by atoms with Gasteiger partial charge in [-0.25, -0.2) is 8.42 Å². The van der Waals surface area contributed by atoms with Gasteiger partial charge in [0.25, 0.3) is 10.0 Å². The summed E-state index contributed by atoms with van der Waals surface area (Å²) in [6.07, 6.45) is 1.92. The number of rotatable bonds is 15. The first kappa shape index (κ1) is 35.0. The minimum Gasteiger partial charge on any atom is -0.497 e. The van der Waals surface area contributed by atoms with E-state index in [1.165, 1.54) is 30.2 Å². The van der Waals surface area contributed by atoms with Crippen molar-refractivity contribution in [2.45, 2.75) is 43.7 Å². The van der Waals surface area contributed by atoms with Crippen molar-refractivity contribution in [1.82, 2.24) is 10.2 Å². The Morgan fingerprint density at radius 3 is 2.24 bits per heavy atom. The highest BCUT2D eigenvalue weighted by Crippen LogP contribution is 2.28. The molecule has 0 heterocycles. The van der Waals surface area contributed by atoms with Crippen molar-refractivity contribution in [2.24, 2.45) is 0 Å². The Labute approximate surface area is 284 Å². The molecule has 0 fully saturated rings. The molecule has 0 bridgehead atoms. The molecule has 1 N–H and O–H groups in total. The number of carbonyl (C=O) groups excluding carboxylic acids is 2. The predicted octanol–water partition coefficient (Wildman–Crippen LogP) is 6.86. The Morgan fingerprint density at radius 2 is 1.61 bits per heavy atom. The summed E-state index contributed by atoms with van der Waals surface area (Å²) in [6, 6.07) is 28.2. The van der Waals surface area contributed by atoms with Crippen molar-refractivity contribution in [2.75, 3.05) is 24.5 Å². The number of amides is 2. The Morgan fingerprint density at radius 1 is 0.913 bits per heavy atom. The van der Waals surface area contributed by atoms with Crippen LogP contribution < -0.4 is 14.4 Å². The van der Waals surface area contributed by atoms with Crippen molar-refractivity contribution < 1.29 is 22.7 Å². The fourth-order valence-corrected chi connectivity index (χ4v) is 6.74. The van der Waals surface area contributed by atoms with Crippen LogP contribution >= 0.6 is 27.5 Å². The highest BCUT2D eigenvalue weighted by Gasteiger charge is 2.34. The zero-order valence-electron chi connectivity index (χ0n) is 25.7. The number of carbonyl (C=O) groups is 2. The molecule has 0 radical (unpaired) electrons. The Balaban J connectivity index is 1.78. The number of hydrogen-bond donors (Lipinski definition) is 1. The highest BCUT2D eigenvalue weighted by molar-refractivity contribution is 9.10. The third-order valence-corrected chi connectivity index (χ3v) is 9.94. The van der Waals surface area contributed by atoms with Gasteiger partial charge < -0.3 is 15.0 Å². The molecule has 0 aliphatic rings. The van der Waals surface area contributed by atoms with Crippen LogP contribution in [-0.2, 0) is 32.6 Å². The van der Waals surface area contributed by atoms with Gasteiger partial charge in [-0.05, 0) is 72.1 Å². The lowest BCUT2D eigenvalue weighted by molar-refractivity contribution is -0.140. The average molecular weight is 727 g/mol. The van der Waals surface area contributed by atoms with Crippen molar-refractivity contribution >= 4 is 55.1 Å². The molecule has 2 amide bonds. The molecule has 0 saturated carbocycles. The number of sulfonamides is 1. The summed E-state index contributed by atoms with van der Waals surface area (Å²) in [5.41, 5.74) is 1.86. The van der Waals surface area contributed by atoms with Gasteiger partial charge in [-0.2, -0.15) is 0 Å². The van der Waals surface area contributed by atoms with Gasteiger partial charge in [0.05, 0.1) is 17.7 Å². The number of hydrogen-bond acceptors (Lipinski definition) is 5. The van der Waals surface area contributed by atoms with Crippen LogP contribution in [0.25, 0.3) is 0 Å². The maximum Gasteiger partial charge on any atom is 0.264 e. The second-order valence-corrected chi connectivity index (χ2v) is 13.9. The van der Waals surface area contributed by atoms with Crippen molar-refractivity contribution in [3.8, 4) is 5.75 Å². The topological polar surface area (TPSA) is 96.0 Å². The van der Waals surface area contributed by atoms with Crippen LogP contribution in [-0.4, -0.2) is 51.4 Å². The van der Waals surface area contributed by atoms with Gasteiger partial charge in [-0.1, -0.05) is 89.4 Å². The smallest absolute Gasteiger partial charge is 0.264 e. The first-order valence-corrected chi connectivity index (χ1v) is 17.5. The Kier molecular flexibility index (Phi) is 12.7. The van der Waals surface area contributed by atoms with Gasteiger partial charge in [-0.15, -0.1) is 0 Å². The highest BCUT2D eigenvalue weighted by atomic mass is 79.9. The van der Waals surface area contributed by atoms with Crippen LogP contribution in [0.1, 0.15) is 30.9 Å². The average Bonchev–Trinajstić information content (AvgIpc) is 3.06. The van der Waals surface area contributed by atoms with Crippen LogP contribution in [0.4, 0.5) is 5.69 Å². The zero-order valence-corrected chi connectivity index (χ0v) is 28.9. The van der Waals surface area contributed by atoms with Gasteiger partial charge >= 0.3 is 0 Å². The third-order valence-electron chi connectivity index (χ3n) is 7.39. The fraction of sp³-hybridized carbons (Fsp3) is 0.257. The first-order chi connectivity index (χ1) is 22.1. The lowest BCUT2D eigenvalue weighted by atomic mass is 10.0. The summed E-state index contributed by atoms with van der Waals surface area (Å²) in [5, 5.41) is 3.30. The van der Waals surface area contributed by atoms with Crippen molar-refractivity contribution in [3.05, 3.63) is 124 Å². The maximum atomic E-state index is 14.5. The molecule has 4 aromatic carbocycles. The second kappa shape index (κ2) is 16.6. The molecule has 0 aromatic heterocycles. The number of halogens is 2. The predicted molar refractivity (Wildman–Crippen MR) is 186 cm³/mol. The van der Waals surface area contributed by atoms with Crippen LogP contribution in [0.2, 0.25) is 5.02 Å². The molecule has 0 aliphatic carbocycles. The van der Waals surface area contributed by atoms with Crippen LogP contribution in [0.3, 0.4) is 0 Å². The number of benzene rings is 4. The summed E-state index contributed by atoms with van der Waals surface area (Å²) in [4.78, 5) is 29.8. The number of ether oxygens (including phenoxy) is 1. The summed E-state index contributed by atoms with van der Waals surface area (Å²) in [6.45, 7) is 2.00. The largest absolute Gasteiger partial charge is 0.497 e. The molecule has 46 heavy (non-hydrogen) atoms. The van der Waals surface area contributed by atoms with E-state index in [2.05, 4.69) is 21.2 Å². The van der Waals surface area contributed by atoms with E-state index in [-0.39, 0.29) is 29.5 Å². The summed E-state index contributed by atoms with van der Waals surface area (Å²) < 4.78 is 35.4. The van der Waals surface area contributed by atoms with E-state index in [4.69, 9.17) is 16.3 Å². The van der Waals surface area contributed by atoms with Gasteiger partial charge in [0, 0.05) is 29.0 Å². The van der Waals surface area contributed by atoms with Gasteiger partial charge in [0.15, 0.2) is 0 Å². The molecule has 4 aromatic rings. The van der Waals surface area contributed by atoms with Gasteiger partial charge in [-0.3, -0.25) is 13.9 Å². The molecular formula is C35H37BrClN3O5S. The SMILES string of the molecule is CCCCNC(=O)[C@H](Cc1ccccc1)N(Cc1ccc(Br)cc1)C(=O)CN(c1cccc(Cl)c1)S(=O)(=O)c1ccc(OC)cc1. The molecule has 8 nitrogen and oxygen atoms in total. The van der Waals surface area contributed by atoms with Crippen LogP contribution in [0.5, 0.6) is 5.75 Å². The molecule has 0 unspecified atom stereocenters. The van der Waals surface area contributed by atoms with Crippen molar-refractivity contribution in [1.29, 1.82) is 0 Å². The number of nitrogens with zero attached hydrogens (tertiary/aromatic N) is 2. The lowest BCUT2D eigenvalue weighted by Gasteiger charge is -2.34. The van der Waals surface area contributed by atoms with E-state index in [0.29, 0.717) is 17.3 Å². The molecule has 11 heteroatoms. The van der Waals surface area contributed by atoms with E-state index in [9.17, 15) is 18.0 Å². The Hall–Kier alpha value is -3.86. The van der Waals surface area contributed by atoms with E-state index >= 15 is 0 Å². The van der Waals surface area contributed by atoms with Crippen molar-refractivity contribution in [3.63, 3.8) is 0 Å². The number of methoxy groups -OCH3 is 1. The fourth-order valence-electron chi connectivity index (χ4n) is 4.88. The van der Waals surface area contributed by atoms with E-state index in [0.717, 1.165) is 32.7 Å². The van der Waals surface area contributed by atoms with Crippen LogP contribution in [0.15, 0.2) is 112 Å². The third kappa shape index (κ3) is 9.34. The molecule has 0 saturated heterocycles. The summed E-state index contributed by atoms with van der Waals surface area (Å²) in [7, 11) is -2.77. The minimum atomic E-state index is -4.26. The quantitative estimate of drug-likeness (QED) is 0.135. The van der Waals surface area contributed by atoms with E-state index in [1.54, 1.807) is 30.3 Å². The normalized spacial score (nSPS) is 11.8. The molecule has 0 aliphatic heterocycles. The maximum absolute atomic E-state index is 14.5. The van der Waals surface area contributed by atoms with E-state index in [1.807, 2.05) is 61.5 Å². The van der Waals surface area contributed by atoms with Gasteiger partial charge in [0.1, 0.15) is 18.3 Å². The minimum absolute atomic E-state index is 0.0290. The monoisotopic (exact) mass is 725 g/mol. The molecule has 0 spiro atoms. The number of nitrogens with one attached hydrogen (secondary N) is 1. The summed E-state index contributed by atoms with van der Waals surface area (Å²) >= 11 is 9.75. The standard InChI is InChI=1S/C35H37BrClN3O5S/c1-3-4-21-38-35(42)33(22-26-9-6-5-7-10-26)39(24-27-13-15-28(36)16-14-27)34(41)25-40(30-12-8-11-29(37)23-30)46(43,44)32-19-17-31(45-2)18-20-32/h5-20,23,33H,3-4,21-22,24-25H2,1-2H3,(H,38,42)/t33-/m0/s1.